The highest BCUT2D eigenvalue weighted by Crippen LogP contribution is 2.27. The molecule has 2 atom stereocenters. The minimum Gasteiger partial charge on any atom is -0.444 e. The van der Waals surface area contributed by atoms with Crippen molar-refractivity contribution in [1.29, 1.82) is 0 Å². The van der Waals surface area contributed by atoms with Gasteiger partial charge in [-0.3, -0.25) is 9.59 Å². The highest BCUT2D eigenvalue weighted by molar-refractivity contribution is 6.00. The predicted octanol–water partition coefficient (Wildman–Crippen LogP) is 4.45. The number of benzene rings is 2. The lowest BCUT2D eigenvalue weighted by Crippen LogP contribution is -2.53. The van der Waals surface area contributed by atoms with Crippen LogP contribution in [-0.4, -0.2) is 52.7 Å². The molecule has 8 heteroatoms. The van der Waals surface area contributed by atoms with E-state index in [1.807, 2.05) is 63.2 Å². The predicted molar refractivity (Wildman–Crippen MR) is 145 cm³/mol. The molecule has 0 heterocycles. The summed E-state index contributed by atoms with van der Waals surface area (Å²) in [7, 11) is 0. The molecule has 0 saturated carbocycles. The Balaban J connectivity index is 2.50. The van der Waals surface area contributed by atoms with Crippen molar-refractivity contribution in [3.05, 3.63) is 77.4 Å². The van der Waals surface area contributed by atoms with Crippen LogP contribution in [0.5, 0.6) is 0 Å². The van der Waals surface area contributed by atoms with E-state index in [1.54, 1.807) is 20.8 Å². The van der Waals surface area contributed by atoms with Crippen LogP contribution in [0.3, 0.4) is 0 Å². The summed E-state index contributed by atoms with van der Waals surface area (Å²) in [4.78, 5) is 41.1. The Bertz CT molecular complexity index is 1090. The van der Waals surface area contributed by atoms with E-state index >= 15 is 0 Å². The van der Waals surface area contributed by atoms with Crippen LogP contribution in [0.1, 0.15) is 56.0 Å². The molecule has 2 aromatic carbocycles. The summed E-state index contributed by atoms with van der Waals surface area (Å²) in [5.41, 5.74) is 3.32. The number of hydrogen-bond acceptors (Lipinski definition) is 5. The maximum absolute atomic E-state index is 13.8. The fourth-order valence-electron chi connectivity index (χ4n) is 3.91. The molecule has 0 aliphatic carbocycles. The number of nitrogens with one attached hydrogen (secondary N) is 2. The Hall–Kier alpha value is -3.65. The number of carbonyl (C=O) groups is 3. The van der Waals surface area contributed by atoms with Gasteiger partial charge in [-0.1, -0.05) is 55.5 Å². The maximum Gasteiger partial charge on any atom is 0.408 e. The van der Waals surface area contributed by atoms with Crippen LogP contribution in [0.2, 0.25) is 0 Å². The molecule has 2 rings (SSSR count). The van der Waals surface area contributed by atoms with E-state index in [1.165, 1.54) is 11.0 Å². The van der Waals surface area contributed by atoms with Gasteiger partial charge < -0.3 is 25.4 Å². The van der Waals surface area contributed by atoms with E-state index < -0.39 is 42.2 Å². The Labute approximate surface area is 219 Å². The van der Waals surface area contributed by atoms with E-state index in [4.69, 9.17) is 4.74 Å². The third kappa shape index (κ3) is 8.18. The average Bonchev–Trinajstić information content (AvgIpc) is 2.83. The molecular formula is C29H39N3O5. The third-order valence-electron chi connectivity index (χ3n) is 5.77. The van der Waals surface area contributed by atoms with Gasteiger partial charge in [0.1, 0.15) is 17.7 Å². The summed E-state index contributed by atoms with van der Waals surface area (Å²) in [6, 6.07) is 10.8. The van der Waals surface area contributed by atoms with Crippen LogP contribution in [0.15, 0.2) is 55.1 Å². The highest BCUT2D eigenvalue weighted by Gasteiger charge is 2.36. The van der Waals surface area contributed by atoms with Gasteiger partial charge in [0.2, 0.25) is 5.91 Å². The molecule has 0 aliphatic heterocycles. The van der Waals surface area contributed by atoms with Gasteiger partial charge >= 0.3 is 6.09 Å². The van der Waals surface area contributed by atoms with Gasteiger partial charge in [-0.2, -0.15) is 0 Å². The molecule has 0 bridgehead atoms. The van der Waals surface area contributed by atoms with Gasteiger partial charge in [-0.15, -0.1) is 6.58 Å². The number of hydrogen-bond donors (Lipinski definition) is 3. The van der Waals surface area contributed by atoms with Crippen molar-refractivity contribution in [3.63, 3.8) is 0 Å². The van der Waals surface area contributed by atoms with Crippen LogP contribution in [0, 0.1) is 13.8 Å². The molecule has 200 valence electrons. The van der Waals surface area contributed by atoms with Crippen molar-refractivity contribution in [1.82, 2.24) is 10.2 Å². The minimum absolute atomic E-state index is 0.00566. The topological polar surface area (TPSA) is 108 Å². The standard InChI is InChI=1S/C29H39N3O5/c1-8-17-32(27(35)23(18-33)30-28(36)37-29(5,6)7)25(22-15-13-21(9-2)14-16-22)26(34)31-24-19(3)11-10-12-20(24)4/h8,10-16,23,25,33H,1,9,17-18H2,2-7H3,(H,30,36)(H,31,34). The smallest absolute Gasteiger partial charge is 0.408 e. The maximum atomic E-state index is 13.8. The number of nitrogens with zero attached hydrogens (tertiary/aromatic N) is 1. The highest BCUT2D eigenvalue weighted by atomic mass is 16.6. The number of aryl methyl sites for hydroxylation is 3. The fraction of sp³-hybridized carbons (Fsp3) is 0.414. The number of para-hydroxylation sites is 1. The van der Waals surface area contributed by atoms with Gasteiger partial charge in [0.25, 0.3) is 5.91 Å². The zero-order valence-corrected chi connectivity index (χ0v) is 22.6. The number of amides is 3. The van der Waals surface area contributed by atoms with Gasteiger partial charge in [-0.05, 0) is 63.3 Å². The number of carbonyl (C=O) groups excluding carboxylic acids is 3. The first kappa shape index (κ1) is 29.6. The first-order valence-electron chi connectivity index (χ1n) is 12.4. The lowest BCUT2D eigenvalue weighted by molar-refractivity contribution is -0.140. The normalized spacial score (nSPS) is 12.7. The third-order valence-corrected chi connectivity index (χ3v) is 5.77. The molecule has 8 nitrogen and oxygen atoms in total. The van der Waals surface area contributed by atoms with E-state index in [0.717, 1.165) is 23.1 Å². The van der Waals surface area contributed by atoms with Gasteiger partial charge in [-0.25, -0.2) is 4.79 Å². The number of rotatable bonds is 10. The van der Waals surface area contributed by atoms with Crippen LogP contribution in [0.25, 0.3) is 0 Å². The molecule has 3 amide bonds. The second-order valence-electron chi connectivity index (χ2n) is 9.91. The summed E-state index contributed by atoms with van der Waals surface area (Å²) in [5.74, 6) is -1.07. The molecule has 3 N–H and O–H groups in total. The van der Waals surface area contributed by atoms with Crippen LogP contribution >= 0.6 is 0 Å². The first-order chi connectivity index (χ1) is 17.4. The number of ether oxygens (including phenoxy) is 1. The molecule has 0 fully saturated rings. The largest absolute Gasteiger partial charge is 0.444 e. The fourth-order valence-corrected chi connectivity index (χ4v) is 3.91. The number of aliphatic hydroxyl groups excluding tert-OH is 1. The van der Waals surface area contributed by atoms with E-state index in [2.05, 4.69) is 17.2 Å². The molecule has 37 heavy (non-hydrogen) atoms. The number of aliphatic hydroxyl groups is 1. The number of alkyl carbamates (subject to hydrolysis) is 1. The van der Waals surface area contributed by atoms with Gasteiger partial charge in [0.15, 0.2) is 0 Å². The van der Waals surface area contributed by atoms with E-state index in [9.17, 15) is 19.5 Å². The second kappa shape index (κ2) is 13.1. The monoisotopic (exact) mass is 509 g/mol. The molecular weight excluding hydrogens is 470 g/mol. The minimum atomic E-state index is -1.32. The van der Waals surface area contributed by atoms with Crippen molar-refractivity contribution in [2.24, 2.45) is 0 Å². The molecule has 2 unspecified atom stereocenters. The zero-order chi connectivity index (χ0) is 27.8. The van der Waals surface area contributed by atoms with Crippen LogP contribution in [-0.2, 0) is 20.7 Å². The number of anilines is 1. The lowest BCUT2D eigenvalue weighted by atomic mass is 10.00. The molecule has 0 spiro atoms. The van der Waals surface area contributed by atoms with E-state index in [-0.39, 0.29) is 6.54 Å². The molecule has 0 saturated heterocycles. The Morgan fingerprint density at radius 2 is 1.68 bits per heavy atom. The average molecular weight is 510 g/mol. The summed E-state index contributed by atoms with van der Waals surface area (Å²) in [6.45, 7) is 14.0. The summed E-state index contributed by atoms with van der Waals surface area (Å²) in [6.07, 6.45) is 1.48. The van der Waals surface area contributed by atoms with Crippen molar-refractivity contribution >= 4 is 23.6 Å². The molecule has 2 aromatic rings. The SMILES string of the molecule is C=CCN(C(=O)C(CO)NC(=O)OC(C)(C)C)C(C(=O)Nc1c(C)cccc1C)c1ccc(CC)cc1. The lowest BCUT2D eigenvalue weighted by Gasteiger charge is -2.33. The molecule has 0 aromatic heterocycles. The summed E-state index contributed by atoms with van der Waals surface area (Å²) >= 11 is 0. The molecule has 0 aliphatic rings. The zero-order valence-electron chi connectivity index (χ0n) is 22.6. The van der Waals surface area contributed by atoms with Crippen molar-refractivity contribution in [2.45, 2.75) is 65.6 Å². The Kier molecular flexibility index (Phi) is 10.4. The van der Waals surface area contributed by atoms with Gasteiger partial charge in [0.05, 0.1) is 6.61 Å². The first-order valence-corrected chi connectivity index (χ1v) is 12.4. The van der Waals surface area contributed by atoms with Gasteiger partial charge in [0, 0.05) is 12.2 Å². The molecule has 0 radical (unpaired) electrons. The van der Waals surface area contributed by atoms with Crippen LogP contribution < -0.4 is 10.6 Å². The summed E-state index contributed by atoms with van der Waals surface area (Å²) < 4.78 is 5.25. The second-order valence-corrected chi connectivity index (χ2v) is 9.91. The van der Waals surface area contributed by atoms with Crippen molar-refractivity contribution in [2.75, 3.05) is 18.5 Å². The Morgan fingerprint density at radius 3 is 2.16 bits per heavy atom. The van der Waals surface area contributed by atoms with Crippen molar-refractivity contribution in [3.8, 4) is 0 Å². The quantitative estimate of drug-likeness (QED) is 0.410. The van der Waals surface area contributed by atoms with E-state index in [0.29, 0.717) is 11.3 Å². The van der Waals surface area contributed by atoms with Crippen LogP contribution in [0.4, 0.5) is 10.5 Å². The summed E-state index contributed by atoms with van der Waals surface area (Å²) in [5, 5.41) is 15.4. The Morgan fingerprint density at radius 1 is 1.08 bits per heavy atom. The van der Waals surface area contributed by atoms with Crippen molar-refractivity contribution < 1.29 is 24.2 Å².